The lowest BCUT2D eigenvalue weighted by atomic mass is 10.2. The average Bonchev–Trinajstić information content (AvgIpc) is 2.27. The predicted molar refractivity (Wildman–Crippen MR) is 66.1 cm³/mol. The van der Waals surface area contributed by atoms with E-state index >= 15 is 0 Å². The maximum absolute atomic E-state index is 11.4. The van der Waals surface area contributed by atoms with E-state index < -0.39 is 0 Å². The lowest BCUT2D eigenvalue weighted by molar-refractivity contribution is -0.122. The third-order valence-electron chi connectivity index (χ3n) is 2.28. The van der Waals surface area contributed by atoms with Crippen molar-refractivity contribution in [2.24, 2.45) is 0 Å². The topological polar surface area (TPSA) is 32.3 Å². The van der Waals surface area contributed by atoms with Gasteiger partial charge in [0.15, 0.2) is 0 Å². The molecule has 88 valence electrons. The van der Waals surface area contributed by atoms with Gasteiger partial charge in [-0.05, 0) is 19.0 Å². The van der Waals surface area contributed by atoms with E-state index in [-0.39, 0.29) is 5.91 Å². The number of carbonyl (C=O) groups is 1. The second-order valence-corrected chi connectivity index (χ2v) is 4.01. The number of nitrogens with one attached hydrogen (secondary N) is 1. The van der Waals surface area contributed by atoms with Crippen molar-refractivity contribution < 1.29 is 4.79 Å². The van der Waals surface area contributed by atoms with Crippen LogP contribution in [0.1, 0.15) is 18.9 Å². The Morgan fingerprint density at radius 1 is 1.31 bits per heavy atom. The van der Waals surface area contributed by atoms with Gasteiger partial charge in [0.25, 0.3) is 0 Å². The maximum Gasteiger partial charge on any atom is 0.234 e. The minimum Gasteiger partial charge on any atom is -0.355 e. The van der Waals surface area contributed by atoms with Gasteiger partial charge in [-0.25, -0.2) is 0 Å². The summed E-state index contributed by atoms with van der Waals surface area (Å²) in [6.07, 6.45) is 0.980. The van der Waals surface area contributed by atoms with Crippen LogP contribution >= 0.6 is 0 Å². The number of hydrogen-bond acceptors (Lipinski definition) is 2. The molecule has 3 nitrogen and oxygen atoms in total. The second-order valence-electron chi connectivity index (χ2n) is 4.01. The molecule has 3 heteroatoms. The fourth-order valence-corrected chi connectivity index (χ4v) is 1.52. The molecule has 0 radical (unpaired) electrons. The largest absolute Gasteiger partial charge is 0.355 e. The van der Waals surface area contributed by atoms with E-state index in [4.69, 9.17) is 0 Å². The highest BCUT2D eigenvalue weighted by Gasteiger charge is 2.05. The van der Waals surface area contributed by atoms with Gasteiger partial charge in [0.1, 0.15) is 0 Å². The van der Waals surface area contributed by atoms with Crippen molar-refractivity contribution in [2.45, 2.75) is 19.9 Å². The Hall–Kier alpha value is -1.35. The summed E-state index contributed by atoms with van der Waals surface area (Å²) >= 11 is 0. The van der Waals surface area contributed by atoms with Crippen LogP contribution in [0.4, 0.5) is 0 Å². The normalized spacial score (nSPS) is 10.4. The molecule has 1 rings (SSSR count). The van der Waals surface area contributed by atoms with Crippen molar-refractivity contribution >= 4 is 5.91 Å². The van der Waals surface area contributed by atoms with Gasteiger partial charge < -0.3 is 5.32 Å². The van der Waals surface area contributed by atoms with E-state index in [1.54, 1.807) is 0 Å². The van der Waals surface area contributed by atoms with Crippen molar-refractivity contribution in [3.63, 3.8) is 0 Å². The molecule has 0 aliphatic carbocycles. The van der Waals surface area contributed by atoms with Crippen LogP contribution in [0.3, 0.4) is 0 Å². The van der Waals surface area contributed by atoms with Crippen molar-refractivity contribution in [3.8, 4) is 0 Å². The van der Waals surface area contributed by atoms with E-state index in [9.17, 15) is 4.79 Å². The van der Waals surface area contributed by atoms with Crippen LogP contribution in [-0.4, -0.2) is 30.9 Å². The first-order valence-electron chi connectivity index (χ1n) is 5.71. The summed E-state index contributed by atoms with van der Waals surface area (Å²) < 4.78 is 0. The highest BCUT2D eigenvalue weighted by Crippen LogP contribution is 2.01. The lowest BCUT2D eigenvalue weighted by Crippen LogP contribution is -2.35. The van der Waals surface area contributed by atoms with Crippen molar-refractivity contribution in [1.29, 1.82) is 0 Å². The summed E-state index contributed by atoms with van der Waals surface area (Å²) in [5.41, 5.74) is 1.23. The highest BCUT2D eigenvalue weighted by atomic mass is 16.1. The second kappa shape index (κ2) is 7.01. The molecule has 1 aromatic carbocycles. The molecule has 16 heavy (non-hydrogen) atoms. The molecule has 0 saturated carbocycles. The van der Waals surface area contributed by atoms with Crippen LogP contribution in [0, 0.1) is 0 Å². The van der Waals surface area contributed by atoms with E-state index in [0.717, 1.165) is 19.5 Å². The van der Waals surface area contributed by atoms with E-state index in [2.05, 4.69) is 17.4 Å². The number of likely N-dealkylation sites (N-methyl/N-ethyl adjacent to an activating group) is 1. The first-order valence-corrected chi connectivity index (χ1v) is 5.71. The van der Waals surface area contributed by atoms with Crippen LogP contribution in [0.25, 0.3) is 0 Å². The highest BCUT2D eigenvalue weighted by molar-refractivity contribution is 5.77. The van der Waals surface area contributed by atoms with E-state index in [1.807, 2.05) is 37.1 Å². The zero-order valence-corrected chi connectivity index (χ0v) is 10.1. The number of amides is 1. The van der Waals surface area contributed by atoms with Crippen molar-refractivity contribution in [3.05, 3.63) is 35.9 Å². The number of nitrogens with zero attached hydrogens (tertiary/aromatic N) is 1. The first kappa shape index (κ1) is 12.7. The molecule has 0 bridgehead atoms. The van der Waals surface area contributed by atoms with Crippen LogP contribution < -0.4 is 5.32 Å². The average molecular weight is 220 g/mol. The SMILES string of the molecule is CCCNC(=O)CN(C)Cc1ccccc1. The summed E-state index contributed by atoms with van der Waals surface area (Å²) in [5.74, 6) is 0.0975. The number of hydrogen-bond donors (Lipinski definition) is 1. The molecular weight excluding hydrogens is 200 g/mol. The zero-order chi connectivity index (χ0) is 11.8. The first-order chi connectivity index (χ1) is 7.72. The molecular formula is C13H20N2O. The zero-order valence-electron chi connectivity index (χ0n) is 10.1. The Balaban J connectivity index is 2.30. The summed E-state index contributed by atoms with van der Waals surface area (Å²) in [6.45, 7) is 4.07. The van der Waals surface area contributed by atoms with Crippen LogP contribution in [0.2, 0.25) is 0 Å². The molecule has 0 saturated heterocycles. The maximum atomic E-state index is 11.4. The third-order valence-corrected chi connectivity index (χ3v) is 2.28. The fourth-order valence-electron chi connectivity index (χ4n) is 1.52. The van der Waals surface area contributed by atoms with Crippen molar-refractivity contribution in [1.82, 2.24) is 10.2 Å². The Morgan fingerprint density at radius 2 is 2.00 bits per heavy atom. The Morgan fingerprint density at radius 3 is 2.62 bits per heavy atom. The van der Waals surface area contributed by atoms with Crippen LogP contribution in [-0.2, 0) is 11.3 Å². The molecule has 1 amide bonds. The molecule has 0 spiro atoms. The number of benzene rings is 1. The summed E-state index contributed by atoms with van der Waals surface area (Å²) in [7, 11) is 1.96. The molecule has 0 atom stereocenters. The van der Waals surface area contributed by atoms with Gasteiger partial charge in [-0.2, -0.15) is 0 Å². The summed E-state index contributed by atoms with van der Waals surface area (Å²) in [5, 5.41) is 2.87. The Labute approximate surface area is 97.5 Å². The van der Waals surface area contributed by atoms with Gasteiger partial charge in [0.05, 0.1) is 6.54 Å². The Kier molecular flexibility index (Phi) is 5.57. The minimum absolute atomic E-state index is 0.0975. The molecule has 0 aliphatic rings. The number of carbonyl (C=O) groups excluding carboxylic acids is 1. The van der Waals surface area contributed by atoms with Gasteiger partial charge in [0, 0.05) is 13.1 Å². The van der Waals surface area contributed by atoms with Crippen LogP contribution in [0.15, 0.2) is 30.3 Å². The van der Waals surface area contributed by atoms with Gasteiger partial charge in [-0.3, -0.25) is 9.69 Å². The van der Waals surface area contributed by atoms with Crippen LogP contribution in [0.5, 0.6) is 0 Å². The molecule has 0 aromatic heterocycles. The minimum atomic E-state index is 0.0975. The molecule has 0 unspecified atom stereocenters. The standard InChI is InChI=1S/C13H20N2O/c1-3-9-14-13(16)11-15(2)10-12-7-5-4-6-8-12/h4-8H,3,9-11H2,1-2H3,(H,14,16). The molecule has 0 fully saturated rings. The smallest absolute Gasteiger partial charge is 0.234 e. The van der Waals surface area contributed by atoms with E-state index in [0.29, 0.717) is 6.54 Å². The third kappa shape index (κ3) is 4.94. The van der Waals surface area contributed by atoms with Gasteiger partial charge >= 0.3 is 0 Å². The fraction of sp³-hybridized carbons (Fsp3) is 0.462. The summed E-state index contributed by atoms with van der Waals surface area (Å²) in [6, 6.07) is 10.2. The monoisotopic (exact) mass is 220 g/mol. The molecule has 1 aromatic rings. The molecule has 0 aliphatic heterocycles. The molecule has 1 N–H and O–H groups in total. The predicted octanol–water partition coefficient (Wildman–Crippen LogP) is 1.64. The Bertz CT molecular complexity index is 311. The van der Waals surface area contributed by atoms with Crippen molar-refractivity contribution in [2.75, 3.05) is 20.1 Å². The lowest BCUT2D eigenvalue weighted by Gasteiger charge is -2.16. The van der Waals surface area contributed by atoms with Gasteiger partial charge in [-0.1, -0.05) is 37.3 Å². The van der Waals surface area contributed by atoms with E-state index in [1.165, 1.54) is 5.56 Å². The number of rotatable bonds is 6. The molecule has 0 heterocycles. The quantitative estimate of drug-likeness (QED) is 0.790. The summed E-state index contributed by atoms with van der Waals surface area (Å²) in [4.78, 5) is 13.5. The van der Waals surface area contributed by atoms with Gasteiger partial charge in [-0.15, -0.1) is 0 Å². The van der Waals surface area contributed by atoms with Gasteiger partial charge in [0.2, 0.25) is 5.91 Å².